The Bertz CT molecular complexity index is 962. The number of carbonyl (C=O) groups excluding carboxylic acids is 1. The van der Waals surface area contributed by atoms with Crippen LogP contribution in [0, 0.1) is 0 Å². The zero-order valence-electron chi connectivity index (χ0n) is 14.0. The summed E-state index contributed by atoms with van der Waals surface area (Å²) in [5, 5.41) is 2.29. The van der Waals surface area contributed by atoms with Crippen molar-refractivity contribution in [2.24, 2.45) is 0 Å². The van der Waals surface area contributed by atoms with E-state index in [1.807, 2.05) is 0 Å². The minimum Gasteiger partial charge on any atom is -0.404 e. The molecule has 11 heteroatoms. The molecule has 0 spiro atoms. The van der Waals surface area contributed by atoms with Gasteiger partial charge in [0.2, 0.25) is 10.0 Å². The predicted molar refractivity (Wildman–Crippen MR) is 96.1 cm³/mol. The maximum atomic E-state index is 12.5. The number of rotatable bonds is 5. The summed E-state index contributed by atoms with van der Waals surface area (Å²) in [6.07, 6.45) is -4.93. The quantitative estimate of drug-likeness (QED) is 0.725. The zero-order valence-corrected chi connectivity index (χ0v) is 16.4. The molecule has 0 aliphatic heterocycles. The first kappa shape index (κ1) is 21.2. The molecule has 0 aliphatic carbocycles. The number of hydrogen-bond acceptors (Lipinski definition) is 4. The number of nitrogens with zero attached hydrogens (tertiary/aromatic N) is 1. The summed E-state index contributed by atoms with van der Waals surface area (Å²) < 4.78 is 67.1. The average Bonchev–Trinajstić information content (AvgIpc) is 2.55. The van der Waals surface area contributed by atoms with Gasteiger partial charge in [-0.2, -0.15) is 0 Å². The number of ether oxygens (including phenoxy) is 1. The van der Waals surface area contributed by atoms with Gasteiger partial charge in [-0.1, -0.05) is 12.1 Å². The molecule has 0 aromatic heterocycles. The second kappa shape index (κ2) is 7.87. The second-order valence-corrected chi connectivity index (χ2v) is 8.41. The number of hydrogen-bond donors (Lipinski definition) is 1. The van der Waals surface area contributed by atoms with Crippen LogP contribution in [0.2, 0.25) is 0 Å². The van der Waals surface area contributed by atoms with E-state index in [0.29, 0.717) is 0 Å². The Morgan fingerprint density at radius 2 is 1.78 bits per heavy atom. The van der Waals surface area contributed by atoms with Crippen LogP contribution in [-0.2, 0) is 10.0 Å². The highest BCUT2D eigenvalue weighted by Crippen LogP contribution is 2.31. The van der Waals surface area contributed by atoms with Gasteiger partial charge in [0, 0.05) is 24.1 Å². The molecule has 1 N–H and O–H groups in total. The molecule has 6 nitrogen and oxygen atoms in total. The van der Waals surface area contributed by atoms with E-state index in [-0.39, 0.29) is 20.6 Å². The van der Waals surface area contributed by atoms with Gasteiger partial charge in [0.25, 0.3) is 5.91 Å². The van der Waals surface area contributed by atoms with Crippen LogP contribution < -0.4 is 10.1 Å². The van der Waals surface area contributed by atoms with Crippen molar-refractivity contribution < 1.29 is 31.1 Å². The van der Waals surface area contributed by atoms with Gasteiger partial charge in [-0.3, -0.25) is 4.79 Å². The third kappa shape index (κ3) is 5.21. The van der Waals surface area contributed by atoms with E-state index in [9.17, 15) is 26.4 Å². The third-order valence-corrected chi connectivity index (χ3v) is 6.12. The molecule has 2 rings (SSSR count). The zero-order chi connectivity index (χ0) is 20.4. The number of sulfonamides is 1. The lowest BCUT2D eigenvalue weighted by molar-refractivity contribution is -0.274. The monoisotopic (exact) mass is 466 g/mol. The van der Waals surface area contributed by atoms with Crippen LogP contribution in [0.5, 0.6) is 5.75 Å². The van der Waals surface area contributed by atoms with Crippen LogP contribution in [0.1, 0.15) is 10.4 Å². The Labute approximate surface area is 162 Å². The summed E-state index contributed by atoms with van der Waals surface area (Å²) in [5.41, 5.74) is -0.264. The number of nitrogens with one attached hydrogen (secondary N) is 1. The van der Waals surface area contributed by atoms with E-state index in [0.717, 1.165) is 16.4 Å². The SMILES string of the molecule is CN(C)S(=O)(=O)c1cc(C(=O)Nc2ccccc2OC(F)(F)F)ccc1Br. The fraction of sp³-hybridized carbons (Fsp3) is 0.188. The fourth-order valence-corrected chi connectivity index (χ4v) is 3.86. The molecule has 0 heterocycles. The highest BCUT2D eigenvalue weighted by molar-refractivity contribution is 9.10. The molecule has 0 unspecified atom stereocenters. The van der Waals surface area contributed by atoms with Crippen LogP contribution in [0.25, 0.3) is 0 Å². The van der Waals surface area contributed by atoms with E-state index in [4.69, 9.17) is 0 Å². The molecule has 0 fully saturated rings. The Kier molecular flexibility index (Phi) is 6.17. The third-order valence-electron chi connectivity index (χ3n) is 3.31. The molecule has 0 saturated carbocycles. The van der Waals surface area contributed by atoms with Crippen LogP contribution in [0.4, 0.5) is 18.9 Å². The molecule has 2 aromatic rings. The van der Waals surface area contributed by atoms with Gasteiger partial charge in [0.1, 0.15) is 0 Å². The van der Waals surface area contributed by atoms with Gasteiger partial charge in [0.05, 0.1) is 10.6 Å². The number of para-hydroxylation sites is 2. The van der Waals surface area contributed by atoms with Crippen LogP contribution >= 0.6 is 15.9 Å². The molecule has 0 aliphatic rings. The van der Waals surface area contributed by atoms with Gasteiger partial charge in [-0.05, 0) is 46.3 Å². The van der Waals surface area contributed by atoms with Gasteiger partial charge < -0.3 is 10.1 Å². The highest BCUT2D eigenvalue weighted by atomic mass is 79.9. The van der Waals surface area contributed by atoms with Crippen LogP contribution in [0.15, 0.2) is 51.8 Å². The lowest BCUT2D eigenvalue weighted by Crippen LogP contribution is -2.23. The predicted octanol–water partition coefficient (Wildman–Crippen LogP) is 3.85. The number of benzene rings is 2. The van der Waals surface area contributed by atoms with Crippen LogP contribution in [0.3, 0.4) is 0 Å². The Balaban J connectivity index is 2.36. The largest absolute Gasteiger partial charge is 0.573 e. The summed E-state index contributed by atoms with van der Waals surface area (Å²) >= 11 is 3.11. The van der Waals surface area contributed by atoms with Crippen molar-refractivity contribution in [2.45, 2.75) is 11.3 Å². The Morgan fingerprint density at radius 1 is 1.15 bits per heavy atom. The van der Waals surface area contributed by atoms with Crippen molar-refractivity contribution in [3.05, 3.63) is 52.5 Å². The molecule has 0 atom stereocenters. The van der Waals surface area contributed by atoms with Gasteiger partial charge in [0.15, 0.2) is 5.75 Å². The number of carbonyl (C=O) groups is 1. The van der Waals surface area contributed by atoms with Gasteiger partial charge in [-0.15, -0.1) is 13.2 Å². The van der Waals surface area contributed by atoms with E-state index < -0.39 is 28.0 Å². The smallest absolute Gasteiger partial charge is 0.404 e. The molecule has 0 saturated heterocycles. The lowest BCUT2D eigenvalue weighted by atomic mass is 10.2. The number of halogens is 4. The molecule has 27 heavy (non-hydrogen) atoms. The fourth-order valence-electron chi connectivity index (χ4n) is 2.02. The van der Waals surface area contributed by atoms with Crippen molar-refractivity contribution >= 4 is 37.5 Å². The summed E-state index contributed by atoms with van der Waals surface area (Å²) in [6, 6.07) is 8.84. The van der Waals surface area contributed by atoms with E-state index in [1.54, 1.807) is 0 Å². The number of alkyl halides is 3. The Morgan fingerprint density at radius 3 is 2.37 bits per heavy atom. The molecular weight excluding hydrogens is 453 g/mol. The molecule has 2 aromatic carbocycles. The summed E-state index contributed by atoms with van der Waals surface area (Å²) in [6.45, 7) is 0. The minimum atomic E-state index is -4.93. The van der Waals surface area contributed by atoms with Gasteiger partial charge >= 0.3 is 6.36 Å². The van der Waals surface area contributed by atoms with E-state index in [1.165, 1.54) is 44.4 Å². The minimum absolute atomic E-state index is 0.0552. The second-order valence-electron chi connectivity index (χ2n) is 5.43. The molecule has 0 bridgehead atoms. The summed E-state index contributed by atoms with van der Waals surface area (Å²) in [4.78, 5) is 12.3. The van der Waals surface area contributed by atoms with Crippen molar-refractivity contribution in [2.75, 3.05) is 19.4 Å². The van der Waals surface area contributed by atoms with Crippen molar-refractivity contribution in [1.82, 2.24) is 4.31 Å². The van der Waals surface area contributed by atoms with E-state index >= 15 is 0 Å². The number of anilines is 1. The highest BCUT2D eigenvalue weighted by Gasteiger charge is 2.32. The molecule has 146 valence electrons. The van der Waals surface area contributed by atoms with Crippen molar-refractivity contribution in [1.29, 1.82) is 0 Å². The first-order valence-electron chi connectivity index (χ1n) is 7.30. The molecule has 0 radical (unpaired) electrons. The van der Waals surface area contributed by atoms with Crippen molar-refractivity contribution in [3.8, 4) is 5.75 Å². The number of amides is 1. The van der Waals surface area contributed by atoms with Crippen molar-refractivity contribution in [3.63, 3.8) is 0 Å². The maximum Gasteiger partial charge on any atom is 0.573 e. The average molecular weight is 467 g/mol. The topological polar surface area (TPSA) is 75.7 Å². The Hall–Kier alpha value is -2.11. The molecular formula is C16H14BrF3N2O4S. The van der Waals surface area contributed by atoms with Crippen LogP contribution in [-0.4, -0.2) is 39.1 Å². The molecule has 1 amide bonds. The lowest BCUT2D eigenvalue weighted by Gasteiger charge is -2.15. The summed E-state index contributed by atoms with van der Waals surface area (Å²) in [5.74, 6) is -1.38. The first-order chi connectivity index (χ1) is 12.4. The normalized spacial score (nSPS) is 12.1. The van der Waals surface area contributed by atoms with E-state index in [2.05, 4.69) is 26.0 Å². The standard InChI is InChI=1S/C16H14BrF3N2O4S/c1-22(2)27(24,25)14-9-10(7-8-11(14)17)15(23)21-12-5-3-4-6-13(12)26-16(18,19)20/h3-9H,1-2H3,(H,21,23). The summed E-state index contributed by atoms with van der Waals surface area (Å²) in [7, 11) is -1.17. The van der Waals surface area contributed by atoms with Gasteiger partial charge in [-0.25, -0.2) is 12.7 Å². The maximum absolute atomic E-state index is 12.5. The first-order valence-corrected chi connectivity index (χ1v) is 9.53.